The maximum absolute atomic E-state index is 12.8. The Balaban J connectivity index is 4.32. The van der Waals surface area contributed by atoms with E-state index in [9.17, 15) is 19.5 Å². The number of carboxylic acids is 1. The Morgan fingerprint density at radius 2 is 0.919 bits per heavy atom. The van der Waals surface area contributed by atoms with Gasteiger partial charge >= 0.3 is 17.9 Å². The number of hydrogen-bond acceptors (Lipinski definition) is 7. The van der Waals surface area contributed by atoms with Gasteiger partial charge in [-0.05, 0) is 44.9 Å². The fraction of sp³-hybridized carbons (Fsp3) is 0.830. The van der Waals surface area contributed by atoms with E-state index in [1.165, 1.54) is 128 Å². The first-order valence-corrected chi connectivity index (χ1v) is 25.7. The Kier molecular flexibility index (Phi) is 43.3. The Bertz CT molecular complexity index is 1110. The summed E-state index contributed by atoms with van der Waals surface area (Å²) >= 11 is 0. The first kappa shape index (κ1) is 59.5. The largest absolute Gasteiger partial charge is 0.477 e. The molecule has 9 nitrogen and oxygen atoms in total. The lowest BCUT2D eigenvalue weighted by Gasteiger charge is -2.25. The molecule has 2 unspecified atom stereocenters. The van der Waals surface area contributed by atoms with Gasteiger partial charge in [0.1, 0.15) is 13.2 Å². The molecule has 0 spiro atoms. The maximum Gasteiger partial charge on any atom is 0.361 e. The third-order valence-corrected chi connectivity index (χ3v) is 11.2. The highest BCUT2D eigenvalue weighted by Gasteiger charge is 2.25. The zero-order valence-electron chi connectivity index (χ0n) is 41.0. The highest BCUT2D eigenvalue weighted by Crippen LogP contribution is 2.16. The van der Waals surface area contributed by atoms with Gasteiger partial charge in [-0.2, -0.15) is 0 Å². The van der Waals surface area contributed by atoms with Gasteiger partial charge < -0.3 is 28.5 Å². The van der Waals surface area contributed by atoms with E-state index in [2.05, 4.69) is 50.3 Å². The minimum atomic E-state index is -1.51. The van der Waals surface area contributed by atoms with Crippen molar-refractivity contribution in [1.82, 2.24) is 0 Å². The van der Waals surface area contributed by atoms with E-state index >= 15 is 0 Å². The minimum Gasteiger partial charge on any atom is -0.477 e. The van der Waals surface area contributed by atoms with Gasteiger partial charge in [0.2, 0.25) is 0 Å². The molecule has 0 aliphatic heterocycles. The van der Waals surface area contributed by atoms with Crippen LogP contribution in [-0.2, 0) is 33.3 Å². The van der Waals surface area contributed by atoms with Crippen LogP contribution in [0.5, 0.6) is 0 Å². The Hall–Kier alpha value is -2.49. The molecule has 0 bridgehead atoms. The fourth-order valence-corrected chi connectivity index (χ4v) is 7.20. The minimum absolute atomic E-state index is 0.183. The van der Waals surface area contributed by atoms with E-state index in [0.29, 0.717) is 23.9 Å². The molecule has 0 saturated heterocycles. The summed E-state index contributed by atoms with van der Waals surface area (Å²) < 4.78 is 22.8. The number of rotatable bonds is 47. The van der Waals surface area contributed by atoms with Crippen LogP contribution in [0, 0.1) is 0 Å². The molecule has 0 rings (SSSR count). The van der Waals surface area contributed by atoms with E-state index in [0.717, 1.165) is 64.2 Å². The number of ether oxygens (including phenoxy) is 4. The number of aliphatic carboxylic acids is 1. The lowest BCUT2D eigenvalue weighted by molar-refractivity contribution is -0.870. The SMILES string of the molecule is CC/C=C\C/C=C\C/C=C\CCCCCCCCCC(=O)OC(COC(=O)CCCCCCCCCCCCCCCCCCCCCC)COC(OCC[N+](C)(C)C)C(=O)O. The molecule has 0 aliphatic rings. The molecule has 0 fully saturated rings. The number of nitrogens with zero attached hydrogens (tertiary/aromatic N) is 1. The van der Waals surface area contributed by atoms with E-state index in [-0.39, 0.29) is 32.2 Å². The first-order valence-electron chi connectivity index (χ1n) is 25.7. The third kappa shape index (κ3) is 45.5. The van der Waals surface area contributed by atoms with Crippen molar-refractivity contribution >= 4 is 17.9 Å². The molecule has 362 valence electrons. The summed E-state index contributed by atoms with van der Waals surface area (Å²) in [5.41, 5.74) is 0. The van der Waals surface area contributed by atoms with Crippen LogP contribution in [0.25, 0.3) is 0 Å². The second-order valence-electron chi connectivity index (χ2n) is 18.5. The molecular weight excluding hydrogens is 779 g/mol. The number of carboxylic acid groups (broad SMARTS) is 1. The average Bonchev–Trinajstić information content (AvgIpc) is 3.23. The zero-order chi connectivity index (χ0) is 45.6. The Morgan fingerprint density at radius 1 is 0.500 bits per heavy atom. The number of carbonyl (C=O) groups is 3. The van der Waals surface area contributed by atoms with Gasteiger partial charge in [-0.3, -0.25) is 9.59 Å². The smallest absolute Gasteiger partial charge is 0.361 e. The number of quaternary nitrogens is 1. The van der Waals surface area contributed by atoms with Gasteiger partial charge in [-0.1, -0.05) is 204 Å². The van der Waals surface area contributed by atoms with Crippen molar-refractivity contribution in [2.45, 2.75) is 238 Å². The van der Waals surface area contributed by atoms with Crippen LogP contribution in [0.15, 0.2) is 36.5 Å². The van der Waals surface area contributed by atoms with Crippen LogP contribution in [-0.4, -0.2) is 87.4 Å². The van der Waals surface area contributed by atoms with Crippen LogP contribution in [0.1, 0.15) is 226 Å². The molecule has 62 heavy (non-hydrogen) atoms. The number of carbonyl (C=O) groups excluding carboxylic acids is 2. The van der Waals surface area contributed by atoms with Gasteiger partial charge in [0, 0.05) is 12.8 Å². The van der Waals surface area contributed by atoms with Crippen LogP contribution < -0.4 is 0 Å². The van der Waals surface area contributed by atoms with Crippen molar-refractivity contribution < 1.29 is 42.9 Å². The summed E-state index contributed by atoms with van der Waals surface area (Å²) in [6.07, 6.45) is 49.2. The van der Waals surface area contributed by atoms with Crippen LogP contribution >= 0.6 is 0 Å². The predicted molar refractivity (Wildman–Crippen MR) is 258 cm³/mol. The van der Waals surface area contributed by atoms with E-state index < -0.39 is 24.3 Å². The van der Waals surface area contributed by atoms with Gasteiger partial charge in [-0.25, -0.2) is 4.79 Å². The van der Waals surface area contributed by atoms with Crippen molar-refractivity contribution in [3.8, 4) is 0 Å². The number of allylic oxidation sites excluding steroid dienone is 6. The highest BCUT2D eigenvalue weighted by atomic mass is 16.7. The van der Waals surface area contributed by atoms with Gasteiger partial charge in [0.25, 0.3) is 6.29 Å². The second kappa shape index (κ2) is 45.1. The predicted octanol–water partition coefficient (Wildman–Crippen LogP) is 14.2. The standard InChI is InChI=1S/C53H97NO8/c1-6-8-10-12-14-16-18-20-22-24-25-26-28-29-31-33-35-37-39-41-43-50(55)60-47-49(48-61-53(52(57)58)59-46-45-54(3,4)5)62-51(56)44-42-40-38-36-34-32-30-27-23-21-19-17-15-13-11-9-7-2/h9,11,15,17,21,23,49,53H,6-8,10,12-14,16,18-20,22,24-48H2,1-5H3/p+1/b11-9-,17-15-,23-21-. The molecule has 0 saturated carbocycles. The summed E-state index contributed by atoms with van der Waals surface area (Å²) in [5, 5.41) is 9.67. The van der Waals surface area contributed by atoms with Crippen LogP contribution in [0.3, 0.4) is 0 Å². The number of esters is 2. The molecule has 0 aliphatic carbocycles. The molecule has 0 aromatic carbocycles. The summed E-state index contributed by atoms with van der Waals surface area (Å²) in [6, 6.07) is 0. The number of likely N-dealkylation sites (N-methyl/N-ethyl adjacent to an activating group) is 1. The monoisotopic (exact) mass is 877 g/mol. The average molecular weight is 877 g/mol. The second-order valence-corrected chi connectivity index (χ2v) is 18.5. The normalized spacial score (nSPS) is 13.1. The van der Waals surface area contributed by atoms with Gasteiger partial charge in [0.15, 0.2) is 6.10 Å². The topological polar surface area (TPSA) is 108 Å². The third-order valence-electron chi connectivity index (χ3n) is 11.2. The molecule has 0 heterocycles. The summed E-state index contributed by atoms with van der Waals surface area (Å²) in [7, 11) is 5.96. The zero-order valence-corrected chi connectivity index (χ0v) is 41.0. The molecule has 0 aromatic rings. The maximum atomic E-state index is 12.8. The molecule has 0 radical (unpaired) electrons. The van der Waals surface area contributed by atoms with Crippen molar-refractivity contribution in [2.75, 3.05) is 47.5 Å². The summed E-state index contributed by atoms with van der Waals surface area (Å²) in [4.78, 5) is 37.3. The Labute approximate surface area is 381 Å². The quantitative estimate of drug-likeness (QED) is 0.0212. The van der Waals surface area contributed by atoms with Crippen molar-refractivity contribution in [2.24, 2.45) is 0 Å². The highest BCUT2D eigenvalue weighted by molar-refractivity contribution is 5.71. The lowest BCUT2D eigenvalue weighted by Crippen LogP contribution is -2.40. The van der Waals surface area contributed by atoms with E-state index in [4.69, 9.17) is 18.9 Å². The van der Waals surface area contributed by atoms with E-state index in [1.54, 1.807) is 0 Å². The fourth-order valence-electron chi connectivity index (χ4n) is 7.20. The van der Waals surface area contributed by atoms with Gasteiger partial charge in [-0.15, -0.1) is 0 Å². The van der Waals surface area contributed by atoms with E-state index in [1.807, 2.05) is 21.1 Å². The molecular formula is C53H98NO8+. The molecule has 1 N–H and O–H groups in total. The summed E-state index contributed by atoms with van der Waals surface area (Å²) in [6.45, 7) is 4.78. The van der Waals surface area contributed by atoms with Crippen molar-refractivity contribution in [3.05, 3.63) is 36.5 Å². The number of unbranched alkanes of at least 4 members (excludes halogenated alkanes) is 26. The molecule has 0 aromatic heterocycles. The summed E-state index contributed by atoms with van der Waals surface area (Å²) in [5.74, 6) is -2.01. The van der Waals surface area contributed by atoms with Crippen LogP contribution in [0.2, 0.25) is 0 Å². The van der Waals surface area contributed by atoms with Gasteiger partial charge in [0.05, 0.1) is 34.4 Å². The Morgan fingerprint density at radius 3 is 1.37 bits per heavy atom. The van der Waals surface area contributed by atoms with Crippen molar-refractivity contribution in [3.63, 3.8) is 0 Å². The lowest BCUT2D eigenvalue weighted by atomic mass is 10.0. The molecule has 0 amide bonds. The molecule has 2 atom stereocenters. The van der Waals surface area contributed by atoms with Crippen LogP contribution in [0.4, 0.5) is 0 Å². The first-order chi connectivity index (χ1) is 30.1. The molecule has 9 heteroatoms. The number of hydrogen-bond donors (Lipinski definition) is 1. The van der Waals surface area contributed by atoms with Crippen molar-refractivity contribution in [1.29, 1.82) is 0 Å².